The van der Waals surface area contributed by atoms with Crippen molar-refractivity contribution in [1.29, 1.82) is 0 Å². The lowest BCUT2D eigenvalue weighted by Crippen LogP contribution is -2.26. The molecule has 0 saturated carbocycles. The first kappa shape index (κ1) is 21.0. The van der Waals surface area contributed by atoms with Crippen LogP contribution in [-0.2, 0) is 17.8 Å². The Morgan fingerprint density at radius 3 is 2.28 bits per heavy atom. The van der Waals surface area contributed by atoms with E-state index in [2.05, 4.69) is 42.5 Å². The minimum Gasteiger partial charge on any atom is -0.508 e. The maximum atomic E-state index is 12.6. The summed E-state index contributed by atoms with van der Waals surface area (Å²) in [6.45, 7) is 0.632. The Morgan fingerprint density at radius 2 is 1.55 bits per heavy atom. The van der Waals surface area contributed by atoms with Crippen LogP contribution in [-0.4, -0.2) is 28.7 Å². The van der Waals surface area contributed by atoms with Gasteiger partial charge in [-0.25, -0.2) is 0 Å². The SMILES string of the molecule is CN(Cc1ccccc1Cc1ccccc1)C(=O)CCCSc1ccc(O)cc1. The molecule has 0 atom stereocenters. The summed E-state index contributed by atoms with van der Waals surface area (Å²) >= 11 is 1.71. The summed E-state index contributed by atoms with van der Waals surface area (Å²) in [5.41, 5.74) is 3.74. The molecule has 0 bridgehead atoms. The standard InChI is InChI=1S/C25H27NO2S/c1-26(25(28)12-7-17-29-24-15-13-23(27)14-16-24)19-22-11-6-5-10-21(22)18-20-8-3-2-4-9-20/h2-6,8-11,13-16,27H,7,12,17-19H2,1H3. The van der Waals surface area contributed by atoms with Gasteiger partial charge in [0.15, 0.2) is 0 Å². The summed E-state index contributed by atoms with van der Waals surface area (Å²) in [4.78, 5) is 15.5. The van der Waals surface area contributed by atoms with E-state index >= 15 is 0 Å². The minimum absolute atomic E-state index is 0.172. The lowest BCUT2D eigenvalue weighted by atomic mass is 9.99. The summed E-state index contributed by atoms with van der Waals surface area (Å²) < 4.78 is 0. The molecule has 0 saturated heterocycles. The van der Waals surface area contributed by atoms with Gasteiger partial charge in [-0.15, -0.1) is 11.8 Å². The molecule has 0 spiro atoms. The largest absolute Gasteiger partial charge is 0.508 e. The quantitative estimate of drug-likeness (QED) is 0.377. The zero-order valence-corrected chi connectivity index (χ0v) is 17.6. The molecule has 3 aromatic carbocycles. The zero-order chi connectivity index (χ0) is 20.5. The number of carbonyl (C=O) groups excluding carboxylic acids is 1. The van der Waals surface area contributed by atoms with Gasteiger partial charge in [-0.1, -0.05) is 54.6 Å². The van der Waals surface area contributed by atoms with Crippen LogP contribution in [0.1, 0.15) is 29.5 Å². The Labute approximate surface area is 177 Å². The van der Waals surface area contributed by atoms with Crippen molar-refractivity contribution in [3.05, 3.63) is 95.6 Å². The van der Waals surface area contributed by atoms with Crippen LogP contribution in [0.3, 0.4) is 0 Å². The van der Waals surface area contributed by atoms with Crippen LogP contribution in [0.4, 0.5) is 0 Å². The number of hydrogen-bond acceptors (Lipinski definition) is 3. The van der Waals surface area contributed by atoms with Crippen molar-refractivity contribution in [1.82, 2.24) is 4.90 Å². The first-order chi connectivity index (χ1) is 14.1. The number of thioether (sulfide) groups is 1. The highest BCUT2D eigenvalue weighted by Crippen LogP contribution is 2.22. The van der Waals surface area contributed by atoms with Crippen molar-refractivity contribution >= 4 is 17.7 Å². The molecule has 0 heterocycles. The molecule has 0 aromatic heterocycles. The van der Waals surface area contributed by atoms with Gasteiger partial charge >= 0.3 is 0 Å². The maximum absolute atomic E-state index is 12.6. The molecule has 3 aromatic rings. The molecule has 0 radical (unpaired) electrons. The first-order valence-electron chi connectivity index (χ1n) is 9.88. The third-order valence-corrected chi connectivity index (χ3v) is 5.93. The van der Waals surface area contributed by atoms with E-state index in [1.807, 2.05) is 36.2 Å². The van der Waals surface area contributed by atoms with Gasteiger partial charge in [0, 0.05) is 24.9 Å². The molecule has 0 fully saturated rings. The van der Waals surface area contributed by atoms with Crippen molar-refractivity contribution in [3.8, 4) is 5.75 Å². The monoisotopic (exact) mass is 405 g/mol. The van der Waals surface area contributed by atoms with Crippen LogP contribution >= 0.6 is 11.8 Å². The highest BCUT2D eigenvalue weighted by atomic mass is 32.2. The second-order valence-electron chi connectivity index (χ2n) is 7.13. The fourth-order valence-corrected chi connectivity index (χ4v) is 4.04. The first-order valence-corrected chi connectivity index (χ1v) is 10.9. The van der Waals surface area contributed by atoms with Gasteiger partial charge < -0.3 is 10.0 Å². The number of phenolic OH excluding ortho intramolecular Hbond substituents is 1. The predicted molar refractivity (Wildman–Crippen MR) is 120 cm³/mol. The topological polar surface area (TPSA) is 40.5 Å². The molecule has 0 unspecified atom stereocenters. The van der Waals surface area contributed by atoms with Crippen molar-refractivity contribution in [2.75, 3.05) is 12.8 Å². The van der Waals surface area contributed by atoms with Crippen LogP contribution < -0.4 is 0 Å². The summed E-state index contributed by atoms with van der Waals surface area (Å²) in [6, 6.07) is 26.0. The Kier molecular flexibility index (Phi) is 7.77. The lowest BCUT2D eigenvalue weighted by molar-refractivity contribution is -0.130. The van der Waals surface area contributed by atoms with Crippen LogP contribution in [0.2, 0.25) is 0 Å². The van der Waals surface area contributed by atoms with Crippen molar-refractivity contribution < 1.29 is 9.90 Å². The van der Waals surface area contributed by atoms with Gasteiger partial charge in [0.25, 0.3) is 0 Å². The molecule has 3 nitrogen and oxygen atoms in total. The molecule has 3 rings (SSSR count). The fourth-order valence-electron chi connectivity index (χ4n) is 3.19. The molecule has 0 aliphatic carbocycles. The van der Waals surface area contributed by atoms with Gasteiger partial charge in [-0.3, -0.25) is 4.79 Å². The smallest absolute Gasteiger partial charge is 0.222 e. The van der Waals surface area contributed by atoms with E-state index in [1.54, 1.807) is 23.9 Å². The van der Waals surface area contributed by atoms with E-state index < -0.39 is 0 Å². The Hall–Kier alpha value is -2.72. The Morgan fingerprint density at radius 1 is 0.897 bits per heavy atom. The number of hydrogen-bond donors (Lipinski definition) is 1. The maximum Gasteiger partial charge on any atom is 0.222 e. The molecular weight excluding hydrogens is 378 g/mol. The number of rotatable bonds is 9. The van der Waals surface area contributed by atoms with E-state index in [1.165, 1.54) is 16.7 Å². The molecule has 0 aliphatic heterocycles. The minimum atomic E-state index is 0.172. The van der Waals surface area contributed by atoms with E-state index in [4.69, 9.17) is 0 Å². The van der Waals surface area contributed by atoms with Gasteiger partial charge in [-0.2, -0.15) is 0 Å². The fraction of sp³-hybridized carbons (Fsp3) is 0.240. The lowest BCUT2D eigenvalue weighted by Gasteiger charge is -2.19. The van der Waals surface area contributed by atoms with Crippen LogP contribution in [0, 0.1) is 0 Å². The number of aromatic hydroxyl groups is 1. The predicted octanol–water partition coefficient (Wildman–Crippen LogP) is 5.51. The molecule has 4 heteroatoms. The molecule has 1 N–H and O–H groups in total. The normalized spacial score (nSPS) is 10.7. The van der Waals surface area contributed by atoms with E-state index in [-0.39, 0.29) is 11.7 Å². The van der Waals surface area contributed by atoms with Crippen LogP contribution in [0.5, 0.6) is 5.75 Å². The highest BCUT2D eigenvalue weighted by Gasteiger charge is 2.11. The molecule has 1 amide bonds. The highest BCUT2D eigenvalue weighted by molar-refractivity contribution is 7.99. The number of phenols is 1. The van der Waals surface area contributed by atoms with Crippen LogP contribution in [0.25, 0.3) is 0 Å². The second-order valence-corrected chi connectivity index (χ2v) is 8.30. The van der Waals surface area contributed by atoms with E-state index in [0.717, 1.165) is 23.5 Å². The van der Waals surface area contributed by atoms with Gasteiger partial charge in [0.2, 0.25) is 5.91 Å². The molecule has 29 heavy (non-hydrogen) atoms. The summed E-state index contributed by atoms with van der Waals surface area (Å²) in [6.07, 6.45) is 2.26. The summed E-state index contributed by atoms with van der Waals surface area (Å²) in [5, 5.41) is 9.33. The summed E-state index contributed by atoms with van der Waals surface area (Å²) in [7, 11) is 1.88. The number of carbonyl (C=O) groups is 1. The van der Waals surface area contributed by atoms with Crippen molar-refractivity contribution in [2.45, 2.75) is 30.7 Å². The average Bonchev–Trinajstić information content (AvgIpc) is 2.74. The van der Waals surface area contributed by atoms with Crippen molar-refractivity contribution in [3.63, 3.8) is 0 Å². The average molecular weight is 406 g/mol. The molecular formula is C25H27NO2S. The van der Waals surface area contributed by atoms with Crippen molar-refractivity contribution in [2.24, 2.45) is 0 Å². The van der Waals surface area contributed by atoms with E-state index in [9.17, 15) is 9.90 Å². The molecule has 150 valence electrons. The zero-order valence-electron chi connectivity index (χ0n) is 16.8. The molecule has 0 aliphatic rings. The third kappa shape index (κ3) is 6.68. The van der Waals surface area contributed by atoms with Gasteiger partial charge in [-0.05, 0) is 59.6 Å². The number of benzene rings is 3. The van der Waals surface area contributed by atoms with Crippen LogP contribution in [0.15, 0.2) is 83.8 Å². The third-order valence-electron chi connectivity index (χ3n) is 4.83. The Balaban J connectivity index is 1.48. The number of nitrogens with zero attached hydrogens (tertiary/aromatic N) is 1. The van der Waals surface area contributed by atoms with E-state index in [0.29, 0.717) is 13.0 Å². The van der Waals surface area contributed by atoms with Gasteiger partial charge in [0.1, 0.15) is 5.75 Å². The van der Waals surface area contributed by atoms with Gasteiger partial charge in [0.05, 0.1) is 0 Å². The second kappa shape index (κ2) is 10.7. The Bertz CT molecular complexity index is 910. The summed E-state index contributed by atoms with van der Waals surface area (Å²) in [5.74, 6) is 1.33. The number of amides is 1.